The molecule has 184 valence electrons. The molecule has 3 aromatic rings. The number of ether oxygens (including phenoxy) is 2. The highest BCUT2D eigenvalue weighted by atomic mass is 32.2. The molecule has 35 heavy (non-hydrogen) atoms. The predicted molar refractivity (Wildman–Crippen MR) is 131 cm³/mol. The lowest BCUT2D eigenvalue weighted by atomic mass is 9.97. The summed E-state index contributed by atoms with van der Waals surface area (Å²) in [5, 5.41) is 2.96. The summed E-state index contributed by atoms with van der Waals surface area (Å²) in [5.74, 6) is 0.795. The molecule has 1 aromatic heterocycles. The van der Waals surface area contributed by atoms with Crippen LogP contribution < -0.4 is 14.8 Å². The molecule has 1 fully saturated rings. The van der Waals surface area contributed by atoms with Gasteiger partial charge in [-0.1, -0.05) is 30.3 Å². The summed E-state index contributed by atoms with van der Waals surface area (Å²) < 4.78 is 38.1. The quantitative estimate of drug-likeness (QED) is 0.489. The van der Waals surface area contributed by atoms with Gasteiger partial charge in [-0.25, -0.2) is 13.4 Å². The number of hydrogen-bond donors (Lipinski definition) is 1. The maximum atomic E-state index is 12.9. The van der Waals surface area contributed by atoms with Crippen LogP contribution in [0.3, 0.4) is 0 Å². The average Bonchev–Trinajstić information content (AvgIpc) is 2.91. The number of sulfonamides is 1. The minimum Gasteiger partial charge on any atom is -0.497 e. The summed E-state index contributed by atoms with van der Waals surface area (Å²) in [4.78, 5) is 17.2. The molecule has 0 unspecified atom stereocenters. The van der Waals surface area contributed by atoms with Gasteiger partial charge < -0.3 is 14.8 Å². The molecular formula is C26H29N3O5S. The van der Waals surface area contributed by atoms with Gasteiger partial charge in [0.1, 0.15) is 12.4 Å². The summed E-state index contributed by atoms with van der Waals surface area (Å²) in [5.41, 5.74) is 1.93. The van der Waals surface area contributed by atoms with Gasteiger partial charge in [0.15, 0.2) is 0 Å². The Morgan fingerprint density at radius 1 is 1.03 bits per heavy atom. The van der Waals surface area contributed by atoms with E-state index in [0.717, 1.165) is 11.1 Å². The van der Waals surface area contributed by atoms with Crippen LogP contribution in [0.15, 0.2) is 77.8 Å². The predicted octanol–water partition coefficient (Wildman–Crippen LogP) is 3.39. The fourth-order valence-electron chi connectivity index (χ4n) is 3.96. The van der Waals surface area contributed by atoms with E-state index in [0.29, 0.717) is 50.7 Å². The number of aromatic nitrogens is 1. The van der Waals surface area contributed by atoms with Gasteiger partial charge in [-0.3, -0.25) is 4.79 Å². The first-order valence-corrected chi connectivity index (χ1v) is 12.9. The highest BCUT2D eigenvalue weighted by Gasteiger charge is 2.32. The Labute approximate surface area is 206 Å². The smallest absolute Gasteiger partial charge is 0.243 e. The molecule has 0 bridgehead atoms. The zero-order valence-electron chi connectivity index (χ0n) is 19.6. The van der Waals surface area contributed by atoms with Crippen LogP contribution in [0.25, 0.3) is 0 Å². The van der Waals surface area contributed by atoms with E-state index in [4.69, 9.17) is 9.47 Å². The number of methoxy groups -OCH3 is 1. The Bertz CT molecular complexity index is 1230. The van der Waals surface area contributed by atoms with Crippen molar-refractivity contribution in [2.45, 2.75) is 30.9 Å². The lowest BCUT2D eigenvalue weighted by molar-refractivity contribution is -0.126. The Hall–Kier alpha value is -3.43. The van der Waals surface area contributed by atoms with Crippen molar-refractivity contribution >= 4 is 15.9 Å². The number of rotatable bonds is 9. The summed E-state index contributed by atoms with van der Waals surface area (Å²) >= 11 is 0. The minimum absolute atomic E-state index is 0.0740. The van der Waals surface area contributed by atoms with Crippen molar-refractivity contribution in [3.05, 3.63) is 84.1 Å². The molecule has 0 spiro atoms. The van der Waals surface area contributed by atoms with E-state index in [1.807, 2.05) is 42.5 Å². The summed E-state index contributed by atoms with van der Waals surface area (Å²) in [6, 6.07) is 19.8. The molecule has 1 aliphatic rings. The number of nitrogens with zero attached hydrogens (tertiary/aromatic N) is 2. The normalized spacial score (nSPS) is 14.9. The van der Waals surface area contributed by atoms with Gasteiger partial charge in [-0.2, -0.15) is 4.31 Å². The van der Waals surface area contributed by atoms with Crippen molar-refractivity contribution < 1.29 is 22.7 Å². The Balaban J connectivity index is 1.26. The average molecular weight is 496 g/mol. The monoisotopic (exact) mass is 495 g/mol. The first-order valence-electron chi connectivity index (χ1n) is 11.5. The fraction of sp³-hybridized carbons (Fsp3) is 0.308. The maximum Gasteiger partial charge on any atom is 0.243 e. The number of piperidine rings is 1. The number of hydrogen-bond acceptors (Lipinski definition) is 6. The van der Waals surface area contributed by atoms with Gasteiger partial charge in [0, 0.05) is 37.8 Å². The number of carbonyl (C=O) groups excluding carboxylic acids is 1. The molecule has 8 nitrogen and oxygen atoms in total. The molecule has 0 aliphatic carbocycles. The molecule has 0 atom stereocenters. The van der Waals surface area contributed by atoms with E-state index in [-0.39, 0.29) is 16.7 Å². The molecular weight excluding hydrogens is 466 g/mol. The molecule has 0 radical (unpaired) electrons. The number of amides is 1. The zero-order chi connectivity index (χ0) is 24.7. The number of benzene rings is 2. The van der Waals surface area contributed by atoms with E-state index < -0.39 is 10.0 Å². The van der Waals surface area contributed by atoms with Crippen LogP contribution in [0, 0.1) is 5.92 Å². The first-order chi connectivity index (χ1) is 17.0. The topological polar surface area (TPSA) is 97.8 Å². The van der Waals surface area contributed by atoms with E-state index in [1.165, 1.54) is 11.4 Å². The Morgan fingerprint density at radius 2 is 1.74 bits per heavy atom. The van der Waals surface area contributed by atoms with Crippen molar-refractivity contribution in [3.63, 3.8) is 0 Å². The fourth-order valence-corrected chi connectivity index (χ4v) is 5.43. The van der Waals surface area contributed by atoms with Gasteiger partial charge in [0.05, 0.1) is 12.0 Å². The van der Waals surface area contributed by atoms with Crippen molar-refractivity contribution in [3.8, 4) is 11.6 Å². The third-order valence-corrected chi connectivity index (χ3v) is 7.93. The zero-order valence-corrected chi connectivity index (χ0v) is 20.4. The lowest BCUT2D eigenvalue weighted by Crippen LogP contribution is -2.42. The third-order valence-electron chi connectivity index (χ3n) is 6.02. The largest absolute Gasteiger partial charge is 0.497 e. The SMILES string of the molecule is COc1ccc(S(=O)(=O)N2CCC(C(=O)NCc3ccnc(OCc4ccccc4)c3)CC2)cc1. The number of nitrogens with one attached hydrogen (secondary N) is 1. The maximum absolute atomic E-state index is 12.9. The van der Waals surface area contributed by atoms with E-state index in [9.17, 15) is 13.2 Å². The van der Waals surface area contributed by atoms with Gasteiger partial charge in [0.2, 0.25) is 21.8 Å². The van der Waals surface area contributed by atoms with Gasteiger partial charge in [0.25, 0.3) is 0 Å². The van der Waals surface area contributed by atoms with Gasteiger partial charge in [-0.15, -0.1) is 0 Å². The Morgan fingerprint density at radius 3 is 2.43 bits per heavy atom. The van der Waals surface area contributed by atoms with Crippen LogP contribution in [0.5, 0.6) is 11.6 Å². The van der Waals surface area contributed by atoms with Crippen molar-refractivity contribution in [1.82, 2.24) is 14.6 Å². The van der Waals surface area contributed by atoms with Crippen molar-refractivity contribution in [2.24, 2.45) is 5.92 Å². The molecule has 1 saturated heterocycles. The summed E-state index contributed by atoms with van der Waals surface area (Å²) in [6.07, 6.45) is 2.61. The highest BCUT2D eigenvalue weighted by Crippen LogP contribution is 2.25. The van der Waals surface area contributed by atoms with Gasteiger partial charge in [-0.05, 0) is 54.3 Å². The van der Waals surface area contributed by atoms with Crippen LogP contribution >= 0.6 is 0 Å². The number of pyridine rings is 1. The molecule has 1 aliphatic heterocycles. The van der Waals surface area contributed by atoms with Crippen LogP contribution in [-0.4, -0.2) is 43.8 Å². The van der Waals surface area contributed by atoms with E-state index in [1.54, 1.807) is 30.5 Å². The third kappa shape index (κ3) is 6.37. The second-order valence-corrected chi connectivity index (χ2v) is 10.3. The van der Waals surface area contributed by atoms with Crippen LogP contribution in [-0.2, 0) is 28.0 Å². The summed E-state index contributed by atoms with van der Waals surface area (Å²) in [7, 11) is -2.06. The first kappa shape index (κ1) is 24.7. The molecule has 1 amide bonds. The second kappa shape index (κ2) is 11.3. The summed E-state index contributed by atoms with van der Waals surface area (Å²) in [6.45, 7) is 1.38. The molecule has 4 rings (SSSR count). The Kier molecular flexibility index (Phi) is 7.99. The minimum atomic E-state index is -3.60. The molecule has 1 N–H and O–H groups in total. The number of carbonyl (C=O) groups is 1. The highest BCUT2D eigenvalue weighted by molar-refractivity contribution is 7.89. The molecule has 2 heterocycles. The second-order valence-electron chi connectivity index (χ2n) is 8.35. The molecule has 2 aromatic carbocycles. The van der Waals surface area contributed by atoms with Crippen LogP contribution in [0.1, 0.15) is 24.0 Å². The standard InChI is InChI=1S/C26H29N3O5S/c1-33-23-7-9-24(10-8-23)35(31,32)29-15-12-22(13-16-29)26(30)28-18-21-11-14-27-25(17-21)34-19-20-5-3-2-4-6-20/h2-11,14,17,22H,12-13,15-16,18-19H2,1H3,(H,28,30). The van der Waals surface area contributed by atoms with Gasteiger partial charge >= 0.3 is 0 Å². The molecule has 9 heteroatoms. The van der Waals surface area contributed by atoms with E-state index >= 15 is 0 Å². The van der Waals surface area contributed by atoms with Crippen molar-refractivity contribution in [1.29, 1.82) is 0 Å². The van der Waals surface area contributed by atoms with Crippen LogP contribution in [0.2, 0.25) is 0 Å². The van der Waals surface area contributed by atoms with Crippen LogP contribution in [0.4, 0.5) is 0 Å². The van der Waals surface area contributed by atoms with Crippen molar-refractivity contribution in [2.75, 3.05) is 20.2 Å². The molecule has 0 saturated carbocycles. The lowest BCUT2D eigenvalue weighted by Gasteiger charge is -2.30. The van der Waals surface area contributed by atoms with E-state index in [2.05, 4.69) is 10.3 Å².